The second-order valence-electron chi connectivity index (χ2n) is 4.27. The summed E-state index contributed by atoms with van der Waals surface area (Å²) in [5.74, 6) is 0.183. The van der Waals surface area contributed by atoms with Crippen LogP contribution in [0.3, 0.4) is 0 Å². The third-order valence-corrected chi connectivity index (χ3v) is 3.06. The Labute approximate surface area is 115 Å². The topological polar surface area (TPSA) is 57.8 Å². The lowest BCUT2D eigenvalue weighted by molar-refractivity contribution is 0.619. The number of H-pyrrole nitrogens is 1. The Kier molecular flexibility index (Phi) is 3.97. The third-order valence-electron chi connectivity index (χ3n) is 3.06. The molecule has 0 unspecified atom stereocenters. The molecule has 1 aromatic carbocycles. The smallest absolute Gasteiger partial charge is 0.254 e. The van der Waals surface area contributed by atoms with Crippen molar-refractivity contribution in [3.63, 3.8) is 0 Å². The van der Waals surface area contributed by atoms with Crippen LogP contribution in [0.15, 0.2) is 29.1 Å². The van der Waals surface area contributed by atoms with Gasteiger partial charge in [-0.05, 0) is 37.2 Å². The predicted molar refractivity (Wildman–Crippen MR) is 72.9 cm³/mol. The number of fused-ring (bicyclic) bond motifs is 1. The van der Waals surface area contributed by atoms with Crippen LogP contribution < -0.4 is 10.9 Å². The van der Waals surface area contributed by atoms with E-state index in [1.54, 1.807) is 12.1 Å². The van der Waals surface area contributed by atoms with Crippen LogP contribution in [0, 0.1) is 5.82 Å². The van der Waals surface area contributed by atoms with Gasteiger partial charge in [0.25, 0.3) is 5.56 Å². The fraction of sp³-hybridized carbons (Fsp3) is 0.231. The molecule has 100 valence electrons. The van der Waals surface area contributed by atoms with Gasteiger partial charge in [-0.25, -0.2) is 9.37 Å². The quantitative estimate of drug-likeness (QED) is 0.835. The number of hydrogen-bond donors (Lipinski definition) is 2. The molecule has 0 atom stereocenters. The average molecular weight is 282 g/mol. The van der Waals surface area contributed by atoms with Gasteiger partial charge in [0, 0.05) is 17.7 Å². The zero-order chi connectivity index (χ0) is 12.5. The summed E-state index contributed by atoms with van der Waals surface area (Å²) in [6.45, 7) is 1.40. The van der Waals surface area contributed by atoms with E-state index in [0.29, 0.717) is 24.4 Å². The van der Waals surface area contributed by atoms with Gasteiger partial charge in [-0.3, -0.25) is 4.79 Å². The number of aromatic amines is 1. The van der Waals surface area contributed by atoms with E-state index in [9.17, 15) is 9.18 Å². The van der Waals surface area contributed by atoms with Crippen LogP contribution in [0.5, 0.6) is 0 Å². The lowest BCUT2D eigenvalue weighted by Gasteiger charge is -2.15. The highest BCUT2D eigenvalue weighted by Crippen LogP contribution is 2.16. The minimum atomic E-state index is -0.305. The molecular weight excluding hydrogens is 269 g/mol. The largest absolute Gasteiger partial charge is 0.311 e. The molecule has 0 radical (unpaired) electrons. The third kappa shape index (κ3) is 2.67. The maximum Gasteiger partial charge on any atom is 0.254 e. The maximum atomic E-state index is 12.9. The average Bonchev–Trinajstić information content (AvgIpc) is 2.39. The van der Waals surface area contributed by atoms with Crippen molar-refractivity contribution in [3.8, 4) is 11.4 Å². The normalized spacial score (nSPS) is 13.5. The molecule has 4 nitrogen and oxygen atoms in total. The van der Waals surface area contributed by atoms with Gasteiger partial charge in [0.1, 0.15) is 11.6 Å². The standard InChI is InChI=1S/C13H12FN3O.ClH/c14-9-3-1-8(2-4-9)12-16-11-7-15-6-5-10(11)13(18)17-12;/h1-4,15H,5-7H2,(H,16,17,18);1H. The van der Waals surface area contributed by atoms with E-state index in [1.165, 1.54) is 12.1 Å². The highest BCUT2D eigenvalue weighted by atomic mass is 35.5. The number of aromatic nitrogens is 2. The Morgan fingerprint density at radius 3 is 2.68 bits per heavy atom. The van der Waals surface area contributed by atoms with Crippen LogP contribution in [0.25, 0.3) is 11.4 Å². The van der Waals surface area contributed by atoms with Crippen molar-refractivity contribution in [2.24, 2.45) is 0 Å². The molecule has 2 N–H and O–H groups in total. The summed E-state index contributed by atoms with van der Waals surface area (Å²) < 4.78 is 12.9. The number of nitrogens with one attached hydrogen (secondary N) is 2. The number of rotatable bonds is 1. The van der Waals surface area contributed by atoms with Gasteiger partial charge in [0.2, 0.25) is 0 Å². The van der Waals surface area contributed by atoms with Gasteiger partial charge >= 0.3 is 0 Å². The highest BCUT2D eigenvalue weighted by Gasteiger charge is 2.15. The minimum Gasteiger partial charge on any atom is -0.311 e. The molecule has 1 aromatic heterocycles. The molecule has 1 aliphatic rings. The van der Waals surface area contributed by atoms with E-state index in [0.717, 1.165) is 17.8 Å². The monoisotopic (exact) mass is 281 g/mol. The van der Waals surface area contributed by atoms with Crippen molar-refractivity contribution in [1.82, 2.24) is 15.3 Å². The van der Waals surface area contributed by atoms with E-state index >= 15 is 0 Å². The molecule has 0 fully saturated rings. The van der Waals surface area contributed by atoms with Gasteiger partial charge in [-0.2, -0.15) is 0 Å². The molecule has 6 heteroatoms. The molecule has 19 heavy (non-hydrogen) atoms. The first-order chi connectivity index (χ1) is 8.74. The van der Waals surface area contributed by atoms with Crippen molar-refractivity contribution >= 4 is 12.4 Å². The van der Waals surface area contributed by atoms with Crippen molar-refractivity contribution in [2.45, 2.75) is 13.0 Å². The lowest BCUT2D eigenvalue weighted by atomic mass is 10.1. The summed E-state index contributed by atoms with van der Waals surface area (Å²) in [7, 11) is 0. The number of nitrogens with zero attached hydrogens (tertiary/aromatic N) is 1. The van der Waals surface area contributed by atoms with Gasteiger partial charge in [-0.15, -0.1) is 12.4 Å². The summed E-state index contributed by atoms with van der Waals surface area (Å²) >= 11 is 0. The van der Waals surface area contributed by atoms with Crippen LogP contribution in [0.1, 0.15) is 11.3 Å². The summed E-state index contributed by atoms with van der Waals surface area (Å²) in [5.41, 5.74) is 2.15. The molecule has 0 amide bonds. The zero-order valence-electron chi connectivity index (χ0n) is 10.1. The second kappa shape index (κ2) is 5.50. The van der Waals surface area contributed by atoms with Crippen molar-refractivity contribution in [3.05, 3.63) is 51.7 Å². The van der Waals surface area contributed by atoms with Crippen LogP contribution in [-0.2, 0) is 13.0 Å². The maximum absolute atomic E-state index is 12.9. The van der Waals surface area contributed by atoms with Gasteiger partial charge in [-0.1, -0.05) is 0 Å². The Bertz CT molecular complexity index is 639. The predicted octanol–water partition coefficient (Wildman–Crippen LogP) is 1.64. The molecule has 3 rings (SSSR count). The zero-order valence-corrected chi connectivity index (χ0v) is 10.9. The Morgan fingerprint density at radius 1 is 1.21 bits per heavy atom. The van der Waals surface area contributed by atoms with Crippen LogP contribution in [0.4, 0.5) is 4.39 Å². The summed E-state index contributed by atoms with van der Waals surface area (Å²) in [5, 5.41) is 3.18. The van der Waals surface area contributed by atoms with Crippen LogP contribution in [-0.4, -0.2) is 16.5 Å². The first-order valence-corrected chi connectivity index (χ1v) is 5.83. The second-order valence-corrected chi connectivity index (χ2v) is 4.27. The first kappa shape index (κ1) is 13.7. The molecule has 0 saturated carbocycles. The molecular formula is C13H13ClFN3O. The van der Waals surface area contributed by atoms with Crippen LogP contribution in [0.2, 0.25) is 0 Å². The minimum absolute atomic E-state index is 0. The lowest BCUT2D eigenvalue weighted by Crippen LogP contribution is -2.31. The number of halogens is 2. The van der Waals surface area contributed by atoms with E-state index in [1.807, 2.05) is 0 Å². The number of benzene rings is 1. The van der Waals surface area contributed by atoms with Gasteiger partial charge in [0.05, 0.1) is 5.69 Å². The molecule has 1 aliphatic heterocycles. The van der Waals surface area contributed by atoms with E-state index in [4.69, 9.17) is 0 Å². The van der Waals surface area contributed by atoms with Gasteiger partial charge in [0.15, 0.2) is 0 Å². The Morgan fingerprint density at radius 2 is 1.95 bits per heavy atom. The molecule has 2 aromatic rings. The van der Waals surface area contributed by atoms with Crippen molar-refractivity contribution < 1.29 is 4.39 Å². The molecule has 2 heterocycles. The Hall–Kier alpha value is -1.72. The molecule has 0 saturated heterocycles. The Balaban J connectivity index is 0.00000133. The SMILES string of the molecule is Cl.O=c1[nH]c(-c2ccc(F)cc2)nc2c1CCNC2. The van der Waals surface area contributed by atoms with E-state index in [-0.39, 0.29) is 23.8 Å². The summed E-state index contributed by atoms with van der Waals surface area (Å²) in [6, 6.07) is 5.92. The first-order valence-electron chi connectivity index (χ1n) is 5.83. The van der Waals surface area contributed by atoms with Crippen LogP contribution >= 0.6 is 12.4 Å². The van der Waals surface area contributed by atoms with Crippen molar-refractivity contribution in [2.75, 3.05) is 6.54 Å². The molecule has 0 aliphatic carbocycles. The van der Waals surface area contributed by atoms with E-state index < -0.39 is 0 Å². The number of hydrogen-bond acceptors (Lipinski definition) is 3. The van der Waals surface area contributed by atoms with Crippen molar-refractivity contribution in [1.29, 1.82) is 0 Å². The fourth-order valence-electron chi connectivity index (χ4n) is 2.11. The van der Waals surface area contributed by atoms with E-state index in [2.05, 4.69) is 15.3 Å². The molecule has 0 spiro atoms. The molecule has 0 bridgehead atoms. The summed E-state index contributed by atoms with van der Waals surface area (Å²) in [6.07, 6.45) is 0.696. The highest BCUT2D eigenvalue weighted by molar-refractivity contribution is 5.85. The fourth-order valence-corrected chi connectivity index (χ4v) is 2.11. The summed E-state index contributed by atoms with van der Waals surface area (Å²) in [4.78, 5) is 19.1. The van der Waals surface area contributed by atoms with Gasteiger partial charge < -0.3 is 10.3 Å².